The van der Waals surface area contributed by atoms with Crippen molar-refractivity contribution < 1.29 is 22.8 Å². The summed E-state index contributed by atoms with van der Waals surface area (Å²) in [5.41, 5.74) is 0.514. The number of rotatable bonds is 6. The fourth-order valence-electron chi connectivity index (χ4n) is 2.67. The van der Waals surface area contributed by atoms with E-state index in [0.717, 1.165) is 22.3 Å². The molecule has 9 heteroatoms. The maximum Gasteiger partial charge on any atom is 0.416 e. The van der Waals surface area contributed by atoms with Crippen molar-refractivity contribution in [1.29, 1.82) is 0 Å². The third-order valence-corrected chi connectivity index (χ3v) is 4.68. The molecule has 0 fully saturated rings. The lowest BCUT2D eigenvalue weighted by atomic mass is 10.1. The largest absolute Gasteiger partial charge is 0.416 e. The van der Waals surface area contributed by atoms with Crippen LogP contribution < -0.4 is 16.0 Å². The molecule has 0 spiro atoms. The first-order valence-electron chi connectivity index (χ1n) is 9.09. The molecular weight excluding hydrogens is 475 g/mol. The highest BCUT2D eigenvalue weighted by Crippen LogP contribution is 2.30. The van der Waals surface area contributed by atoms with Gasteiger partial charge in [0.25, 0.3) is 5.91 Å². The molecule has 3 N–H and O–H groups in total. The summed E-state index contributed by atoms with van der Waals surface area (Å²) in [4.78, 5) is 24.6. The van der Waals surface area contributed by atoms with Crippen LogP contribution in [0.3, 0.4) is 0 Å². The molecule has 0 unspecified atom stereocenters. The Labute approximate surface area is 184 Å². The Balaban J connectivity index is 1.61. The first-order valence-corrected chi connectivity index (χ1v) is 9.88. The predicted octanol–water partition coefficient (Wildman–Crippen LogP) is 5.77. The number of carbonyl (C=O) groups is 2. The number of hydrogen-bond donors (Lipinski definition) is 3. The maximum absolute atomic E-state index is 12.8. The Morgan fingerprint density at radius 1 is 0.806 bits per heavy atom. The number of amides is 2. The first-order chi connectivity index (χ1) is 14.7. The molecule has 2 amide bonds. The van der Waals surface area contributed by atoms with Gasteiger partial charge < -0.3 is 16.0 Å². The van der Waals surface area contributed by atoms with Gasteiger partial charge in [-0.1, -0.05) is 28.1 Å². The van der Waals surface area contributed by atoms with Crippen LogP contribution >= 0.6 is 15.9 Å². The van der Waals surface area contributed by atoms with Crippen molar-refractivity contribution in [2.24, 2.45) is 0 Å². The van der Waals surface area contributed by atoms with E-state index in [1.807, 2.05) is 24.3 Å². The second kappa shape index (κ2) is 9.65. The molecule has 0 saturated carbocycles. The van der Waals surface area contributed by atoms with Gasteiger partial charge in [-0.2, -0.15) is 13.2 Å². The first kappa shape index (κ1) is 22.4. The average Bonchev–Trinajstić information content (AvgIpc) is 2.73. The lowest BCUT2D eigenvalue weighted by molar-refractivity contribution is -0.137. The molecule has 3 aromatic carbocycles. The van der Waals surface area contributed by atoms with E-state index in [1.54, 1.807) is 12.1 Å². The van der Waals surface area contributed by atoms with Crippen molar-refractivity contribution in [2.75, 3.05) is 22.5 Å². The molecule has 3 aromatic rings. The number of carbonyl (C=O) groups excluding carboxylic acids is 2. The van der Waals surface area contributed by atoms with Gasteiger partial charge in [-0.05, 0) is 60.7 Å². The number of hydrogen-bond acceptors (Lipinski definition) is 3. The monoisotopic (exact) mass is 491 g/mol. The van der Waals surface area contributed by atoms with Crippen LogP contribution in [-0.4, -0.2) is 18.4 Å². The van der Waals surface area contributed by atoms with Crippen LogP contribution in [0.2, 0.25) is 0 Å². The van der Waals surface area contributed by atoms with Crippen LogP contribution in [0.4, 0.5) is 30.2 Å². The molecular formula is C22H17BrF3N3O2. The Bertz CT molecular complexity index is 1090. The minimum atomic E-state index is -4.50. The highest BCUT2D eigenvalue weighted by molar-refractivity contribution is 9.10. The van der Waals surface area contributed by atoms with Gasteiger partial charge >= 0.3 is 6.18 Å². The smallest absolute Gasteiger partial charge is 0.376 e. The second-order valence-electron chi connectivity index (χ2n) is 6.52. The van der Waals surface area contributed by atoms with Gasteiger partial charge in [0, 0.05) is 27.1 Å². The molecule has 160 valence electrons. The van der Waals surface area contributed by atoms with Crippen molar-refractivity contribution in [3.63, 3.8) is 0 Å². The van der Waals surface area contributed by atoms with E-state index < -0.39 is 17.6 Å². The molecule has 0 saturated heterocycles. The molecule has 0 aliphatic rings. The van der Waals surface area contributed by atoms with Crippen LogP contribution in [0, 0.1) is 0 Å². The van der Waals surface area contributed by atoms with Crippen LogP contribution in [0.15, 0.2) is 77.3 Å². The van der Waals surface area contributed by atoms with Gasteiger partial charge in [-0.3, -0.25) is 9.59 Å². The number of nitrogens with one attached hydrogen (secondary N) is 3. The topological polar surface area (TPSA) is 70.2 Å². The van der Waals surface area contributed by atoms with Gasteiger partial charge in [0.05, 0.1) is 12.1 Å². The Morgan fingerprint density at radius 2 is 1.45 bits per heavy atom. The summed E-state index contributed by atoms with van der Waals surface area (Å²) in [6.07, 6.45) is -4.50. The number of benzene rings is 3. The number of halogens is 4. The minimum Gasteiger partial charge on any atom is -0.376 e. The molecule has 0 aliphatic heterocycles. The Hall–Kier alpha value is -3.33. The van der Waals surface area contributed by atoms with Crippen LogP contribution in [0.5, 0.6) is 0 Å². The Kier molecular flexibility index (Phi) is 6.96. The molecule has 3 rings (SSSR count). The van der Waals surface area contributed by atoms with E-state index >= 15 is 0 Å². The molecule has 0 aromatic heterocycles. The van der Waals surface area contributed by atoms with Gasteiger partial charge in [0.1, 0.15) is 0 Å². The van der Waals surface area contributed by atoms with Crippen LogP contribution in [0.25, 0.3) is 0 Å². The lowest BCUT2D eigenvalue weighted by Crippen LogP contribution is -2.22. The number of alkyl halides is 3. The van der Waals surface area contributed by atoms with Crippen molar-refractivity contribution in [3.05, 3.63) is 88.4 Å². The lowest BCUT2D eigenvalue weighted by Gasteiger charge is -2.11. The second-order valence-corrected chi connectivity index (χ2v) is 7.44. The van der Waals surface area contributed by atoms with Crippen molar-refractivity contribution in [3.8, 4) is 0 Å². The molecule has 0 atom stereocenters. The molecule has 5 nitrogen and oxygen atoms in total. The zero-order chi connectivity index (χ0) is 22.4. The maximum atomic E-state index is 12.8. The Morgan fingerprint density at radius 3 is 2.13 bits per heavy atom. The fourth-order valence-corrected chi connectivity index (χ4v) is 2.93. The summed E-state index contributed by atoms with van der Waals surface area (Å²) in [6.45, 7) is 0.0162. The molecule has 0 bridgehead atoms. The molecule has 0 heterocycles. The zero-order valence-electron chi connectivity index (χ0n) is 16.0. The van der Waals surface area contributed by atoms with E-state index in [9.17, 15) is 22.8 Å². The standard InChI is InChI=1S/C22H17BrF3N3O2/c23-16-7-9-17(10-8-16)27-13-20(30)28-18-5-1-3-14(11-18)21(31)29-19-6-2-4-15(12-19)22(24,25)26/h1-12,27H,13H2,(H,28,30)(H,29,31). The van der Waals surface area contributed by atoms with Gasteiger partial charge in [-0.25, -0.2) is 0 Å². The summed E-state index contributed by atoms with van der Waals surface area (Å²) < 4.78 is 39.4. The van der Waals surface area contributed by atoms with E-state index in [0.29, 0.717) is 5.69 Å². The predicted molar refractivity (Wildman–Crippen MR) is 117 cm³/mol. The van der Waals surface area contributed by atoms with Crippen LogP contribution in [0.1, 0.15) is 15.9 Å². The van der Waals surface area contributed by atoms with E-state index in [4.69, 9.17) is 0 Å². The summed E-state index contributed by atoms with van der Waals surface area (Å²) in [7, 11) is 0. The van der Waals surface area contributed by atoms with Crippen LogP contribution in [-0.2, 0) is 11.0 Å². The van der Waals surface area contributed by atoms with Crippen molar-refractivity contribution >= 4 is 44.8 Å². The van der Waals surface area contributed by atoms with Gasteiger partial charge in [-0.15, -0.1) is 0 Å². The van der Waals surface area contributed by atoms with Crippen molar-refractivity contribution in [1.82, 2.24) is 0 Å². The normalized spacial score (nSPS) is 11.0. The SMILES string of the molecule is O=C(CNc1ccc(Br)cc1)Nc1cccc(C(=O)Nc2cccc(C(F)(F)F)c2)c1. The van der Waals surface area contributed by atoms with Gasteiger partial charge in [0.2, 0.25) is 5.91 Å². The molecule has 0 radical (unpaired) electrons. The van der Waals surface area contributed by atoms with E-state index in [1.165, 1.54) is 24.3 Å². The highest BCUT2D eigenvalue weighted by Gasteiger charge is 2.30. The highest BCUT2D eigenvalue weighted by atomic mass is 79.9. The van der Waals surface area contributed by atoms with Gasteiger partial charge in [0.15, 0.2) is 0 Å². The summed E-state index contributed by atoms with van der Waals surface area (Å²) in [6, 6.07) is 17.8. The molecule has 0 aliphatic carbocycles. The van der Waals surface area contributed by atoms with Crippen molar-refractivity contribution in [2.45, 2.75) is 6.18 Å². The summed E-state index contributed by atoms with van der Waals surface area (Å²) >= 11 is 3.33. The van der Waals surface area contributed by atoms with E-state index in [2.05, 4.69) is 31.9 Å². The quantitative estimate of drug-likeness (QED) is 0.409. The third-order valence-electron chi connectivity index (χ3n) is 4.15. The molecule has 31 heavy (non-hydrogen) atoms. The summed E-state index contributed by atoms with van der Waals surface area (Å²) in [5.74, 6) is -0.915. The zero-order valence-corrected chi connectivity index (χ0v) is 17.5. The van der Waals surface area contributed by atoms with E-state index in [-0.39, 0.29) is 23.7 Å². The fraction of sp³-hybridized carbons (Fsp3) is 0.0909. The average molecular weight is 492 g/mol. The minimum absolute atomic E-state index is 0.0162. The summed E-state index contributed by atoms with van der Waals surface area (Å²) in [5, 5.41) is 8.08. The third kappa shape index (κ3) is 6.58. The number of anilines is 3.